The third-order valence-corrected chi connectivity index (χ3v) is 2.34. The number of methoxy groups -OCH3 is 1. The van der Waals surface area contributed by atoms with Crippen molar-refractivity contribution in [2.75, 3.05) is 30.8 Å². The minimum Gasteiger partial charge on any atom is -0.468 e. The molecule has 0 aromatic carbocycles. The van der Waals surface area contributed by atoms with Crippen molar-refractivity contribution in [3.05, 3.63) is 12.4 Å². The van der Waals surface area contributed by atoms with Crippen LogP contribution < -0.4 is 10.6 Å². The number of hydrogen-bond donors (Lipinski definition) is 2. The first kappa shape index (κ1) is 14.2. The number of aromatic nitrogens is 2. The van der Waals surface area contributed by atoms with Crippen LogP contribution in [0.2, 0.25) is 0 Å². The second kappa shape index (κ2) is 7.47. The number of carbonyl (C=O) groups is 1. The molecule has 18 heavy (non-hydrogen) atoms. The van der Waals surface area contributed by atoms with Crippen molar-refractivity contribution < 1.29 is 9.53 Å². The van der Waals surface area contributed by atoms with Crippen LogP contribution in [0.5, 0.6) is 0 Å². The first-order valence-corrected chi connectivity index (χ1v) is 5.98. The van der Waals surface area contributed by atoms with Gasteiger partial charge in [-0.25, -0.2) is 9.97 Å². The predicted octanol–water partition coefficient (Wildman–Crippen LogP) is 1.52. The average molecular weight is 252 g/mol. The lowest BCUT2D eigenvalue weighted by atomic mass is 10.1. The molecule has 0 aliphatic heterocycles. The highest BCUT2D eigenvalue weighted by Gasteiger charge is 2.02. The summed E-state index contributed by atoms with van der Waals surface area (Å²) in [5.74, 6) is 1.67. The molecule has 1 aromatic rings. The highest BCUT2D eigenvalue weighted by Crippen LogP contribution is 2.09. The quantitative estimate of drug-likeness (QED) is 0.716. The van der Waals surface area contributed by atoms with Crippen LogP contribution in [0, 0.1) is 5.92 Å². The van der Waals surface area contributed by atoms with Crippen molar-refractivity contribution >= 4 is 17.6 Å². The summed E-state index contributed by atoms with van der Waals surface area (Å²) in [5.41, 5.74) is 0. The summed E-state index contributed by atoms with van der Waals surface area (Å²) in [6.45, 7) is 5.31. The minimum atomic E-state index is -0.331. The molecule has 100 valence electrons. The monoisotopic (exact) mass is 252 g/mol. The van der Waals surface area contributed by atoms with Gasteiger partial charge in [-0.05, 0) is 12.3 Å². The smallest absolute Gasteiger partial charge is 0.325 e. The number of esters is 1. The molecule has 0 atom stereocenters. The molecular weight excluding hydrogens is 232 g/mol. The van der Waals surface area contributed by atoms with E-state index in [1.54, 1.807) is 6.07 Å². The Balaban J connectivity index is 2.43. The SMILES string of the molecule is COC(=O)CNc1cc(NCCC(C)C)ncn1. The topological polar surface area (TPSA) is 76.1 Å². The highest BCUT2D eigenvalue weighted by atomic mass is 16.5. The molecule has 1 rings (SSSR count). The summed E-state index contributed by atoms with van der Waals surface area (Å²) >= 11 is 0. The van der Waals surface area contributed by atoms with Crippen molar-refractivity contribution in [2.24, 2.45) is 5.92 Å². The normalized spacial score (nSPS) is 10.2. The molecule has 6 heteroatoms. The maximum Gasteiger partial charge on any atom is 0.325 e. The lowest BCUT2D eigenvalue weighted by Crippen LogP contribution is -2.16. The van der Waals surface area contributed by atoms with Crippen molar-refractivity contribution in [3.63, 3.8) is 0 Å². The molecule has 0 amide bonds. The second-order valence-corrected chi connectivity index (χ2v) is 4.33. The number of carbonyl (C=O) groups excluding carboxylic acids is 1. The molecule has 0 radical (unpaired) electrons. The van der Waals surface area contributed by atoms with Gasteiger partial charge in [0.05, 0.1) is 7.11 Å². The molecule has 1 heterocycles. The van der Waals surface area contributed by atoms with Gasteiger partial charge in [0.15, 0.2) is 0 Å². The lowest BCUT2D eigenvalue weighted by Gasteiger charge is -2.09. The van der Waals surface area contributed by atoms with Crippen LogP contribution in [0.4, 0.5) is 11.6 Å². The van der Waals surface area contributed by atoms with Crippen molar-refractivity contribution in [2.45, 2.75) is 20.3 Å². The van der Waals surface area contributed by atoms with Gasteiger partial charge in [0, 0.05) is 12.6 Å². The Morgan fingerprint density at radius 3 is 2.61 bits per heavy atom. The maximum atomic E-state index is 11.0. The Labute approximate surface area is 107 Å². The van der Waals surface area contributed by atoms with Gasteiger partial charge in [-0.3, -0.25) is 4.79 Å². The van der Waals surface area contributed by atoms with Gasteiger partial charge in [0.1, 0.15) is 24.5 Å². The Kier molecular flexibility index (Phi) is 5.90. The van der Waals surface area contributed by atoms with E-state index in [0.29, 0.717) is 11.7 Å². The largest absolute Gasteiger partial charge is 0.468 e. The molecule has 0 unspecified atom stereocenters. The molecule has 0 saturated heterocycles. The van der Waals surface area contributed by atoms with E-state index >= 15 is 0 Å². The number of hydrogen-bond acceptors (Lipinski definition) is 6. The summed E-state index contributed by atoms with van der Waals surface area (Å²) in [4.78, 5) is 19.1. The van der Waals surface area contributed by atoms with Gasteiger partial charge in [0.25, 0.3) is 0 Å². The summed E-state index contributed by atoms with van der Waals surface area (Å²) in [6, 6.07) is 1.77. The molecule has 0 bridgehead atoms. The van der Waals surface area contributed by atoms with Crippen LogP contribution in [0.3, 0.4) is 0 Å². The summed E-state index contributed by atoms with van der Waals surface area (Å²) in [6.07, 6.45) is 2.53. The first-order chi connectivity index (χ1) is 8.61. The van der Waals surface area contributed by atoms with Gasteiger partial charge in [-0.15, -0.1) is 0 Å². The molecule has 0 saturated carbocycles. The Morgan fingerprint density at radius 2 is 2.00 bits per heavy atom. The van der Waals surface area contributed by atoms with E-state index in [4.69, 9.17) is 0 Å². The van der Waals surface area contributed by atoms with E-state index < -0.39 is 0 Å². The van der Waals surface area contributed by atoms with Gasteiger partial charge < -0.3 is 15.4 Å². The van der Waals surface area contributed by atoms with Gasteiger partial charge in [-0.1, -0.05) is 13.8 Å². The van der Waals surface area contributed by atoms with Crippen molar-refractivity contribution in [1.82, 2.24) is 9.97 Å². The van der Waals surface area contributed by atoms with E-state index in [0.717, 1.165) is 18.8 Å². The van der Waals surface area contributed by atoms with E-state index in [2.05, 4.69) is 39.2 Å². The summed E-state index contributed by atoms with van der Waals surface area (Å²) < 4.78 is 4.53. The standard InChI is InChI=1S/C12H20N4O2/c1-9(2)4-5-13-10-6-11(16-8-15-10)14-7-12(17)18-3/h6,8-9H,4-5,7H2,1-3H3,(H2,13,14,15,16). The molecule has 0 fully saturated rings. The number of anilines is 2. The summed E-state index contributed by atoms with van der Waals surface area (Å²) in [7, 11) is 1.35. The predicted molar refractivity (Wildman–Crippen MR) is 70.5 cm³/mol. The van der Waals surface area contributed by atoms with E-state index in [1.165, 1.54) is 13.4 Å². The Morgan fingerprint density at radius 1 is 1.33 bits per heavy atom. The maximum absolute atomic E-state index is 11.0. The average Bonchev–Trinajstić information content (AvgIpc) is 2.36. The molecule has 0 aliphatic carbocycles. The van der Waals surface area contributed by atoms with Gasteiger partial charge in [0.2, 0.25) is 0 Å². The van der Waals surface area contributed by atoms with Gasteiger partial charge in [-0.2, -0.15) is 0 Å². The van der Waals surface area contributed by atoms with Crippen LogP contribution in [0.1, 0.15) is 20.3 Å². The van der Waals surface area contributed by atoms with Crippen LogP contribution >= 0.6 is 0 Å². The number of nitrogens with one attached hydrogen (secondary N) is 2. The van der Waals surface area contributed by atoms with Crippen LogP contribution in [0.25, 0.3) is 0 Å². The highest BCUT2D eigenvalue weighted by molar-refractivity contribution is 5.74. The van der Waals surface area contributed by atoms with E-state index in [-0.39, 0.29) is 12.5 Å². The molecule has 0 spiro atoms. The van der Waals surface area contributed by atoms with E-state index in [9.17, 15) is 4.79 Å². The van der Waals surface area contributed by atoms with Gasteiger partial charge >= 0.3 is 5.97 Å². The fourth-order valence-electron chi connectivity index (χ4n) is 1.27. The number of nitrogens with zero attached hydrogens (tertiary/aromatic N) is 2. The van der Waals surface area contributed by atoms with Crippen molar-refractivity contribution in [1.29, 1.82) is 0 Å². The fourth-order valence-corrected chi connectivity index (χ4v) is 1.27. The van der Waals surface area contributed by atoms with Crippen molar-refractivity contribution in [3.8, 4) is 0 Å². The zero-order valence-electron chi connectivity index (χ0n) is 11.1. The molecule has 6 nitrogen and oxygen atoms in total. The third kappa shape index (κ3) is 5.47. The van der Waals surface area contributed by atoms with Crippen LogP contribution in [-0.4, -0.2) is 36.1 Å². The zero-order valence-corrected chi connectivity index (χ0v) is 11.1. The zero-order chi connectivity index (χ0) is 13.4. The minimum absolute atomic E-state index is 0.0962. The van der Waals surface area contributed by atoms with Crippen LogP contribution in [-0.2, 0) is 9.53 Å². The van der Waals surface area contributed by atoms with E-state index in [1.807, 2.05) is 0 Å². The molecule has 2 N–H and O–H groups in total. The summed E-state index contributed by atoms with van der Waals surface area (Å²) in [5, 5.41) is 6.08. The molecule has 0 aliphatic rings. The molecule has 1 aromatic heterocycles. The number of ether oxygens (including phenoxy) is 1. The number of rotatable bonds is 7. The third-order valence-electron chi connectivity index (χ3n) is 2.34. The Hall–Kier alpha value is -1.85. The van der Waals surface area contributed by atoms with Crippen LogP contribution in [0.15, 0.2) is 12.4 Å². The lowest BCUT2D eigenvalue weighted by molar-refractivity contribution is -0.138. The Bertz CT molecular complexity index is 382. The molecular formula is C12H20N4O2. The first-order valence-electron chi connectivity index (χ1n) is 5.98. The second-order valence-electron chi connectivity index (χ2n) is 4.33. The fraction of sp³-hybridized carbons (Fsp3) is 0.583.